The first-order valence-corrected chi connectivity index (χ1v) is 7.08. The summed E-state index contributed by atoms with van der Waals surface area (Å²) in [6.07, 6.45) is 2.37. The van der Waals surface area contributed by atoms with Crippen molar-refractivity contribution in [2.45, 2.75) is 19.4 Å². The molecular weight excluding hydrogens is 254 g/mol. The molecule has 0 amide bonds. The average molecular weight is 279 g/mol. The molecule has 1 saturated heterocycles. The maximum atomic E-state index is 5.49. The van der Waals surface area contributed by atoms with Crippen LogP contribution in [0.3, 0.4) is 0 Å². The number of rotatable bonds is 5. The number of nitrogens with two attached hydrogens (primary N) is 1. The van der Waals surface area contributed by atoms with Crippen LogP contribution in [0, 0.1) is 0 Å². The summed E-state index contributed by atoms with van der Waals surface area (Å²) < 4.78 is 0. The fourth-order valence-electron chi connectivity index (χ4n) is 2.56. The molecule has 4 N–H and O–H groups in total. The van der Waals surface area contributed by atoms with Crippen molar-refractivity contribution < 1.29 is 0 Å². The topological polar surface area (TPSA) is 82.3 Å². The van der Waals surface area contributed by atoms with Gasteiger partial charge in [0.05, 0.1) is 0 Å². The van der Waals surface area contributed by atoms with Crippen LogP contribution >= 0.6 is 0 Å². The van der Waals surface area contributed by atoms with Crippen LogP contribution in [0.2, 0.25) is 0 Å². The van der Waals surface area contributed by atoms with Crippen molar-refractivity contribution in [3.05, 3.63) is 11.9 Å². The van der Waals surface area contributed by atoms with E-state index in [-0.39, 0.29) is 0 Å². The second kappa shape index (κ2) is 6.83. The van der Waals surface area contributed by atoms with Gasteiger partial charge < -0.3 is 15.6 Å². The van der Waals surface area contributed by atoms with Crippen LogP contribution in [0.25, 0.3) is 0 Å². The average Bonchev–Trinajstić information content (AvgIpc) is 2.47. The second-order valence-corrected chi connectivity index (χ2v) is 5.32. The molecule has 1 fully saturated rings. The van der Waals surface area contributed by atoms with Crippen LogP contribution in [0.4, 0.5) is 11.6 Å². The van der Waals surface area contributed by atoms with Gasteiger partial charge in [0.25, 0.3) is 0 Å². The number of anilines is 2. The summed E-state index contributed by atoms with van der Waals surface area (Å²) in [5, 5.41) is 3.44. The van der Waals surface area contributed by atoms with Crippen molar-refractivity contribution in [1.82, 2.24) is 19.8 Å². The maximum Gasteiger partial charge on any atom is 0.148 e. The van der Waals surface area contributed by atoms with Crippen molar-refractivity contribution in [1.29, 1.82) is 0 Å². The Morgan fingerprint density at radius 3 is 2.75 bits per heavy atom. The molecule has 112 valence electrons. The van der Waals surface area contributed by atoms with E-state index in [0.717, 1.165) is 44.0 Å². The van der Waals surface area contributed by atoms with Gasteiger partial charge in [0.2, 0.25) is 0 Å². The minimum absolute atomic E-state index is 0.489. The highest BCUT2D eigenvalue weighted by Crippen LogP contribution is 2.19. The summed E-state index contributed by atoms with van der Waals surface area (Å²) in [5.41, 5.74) is 3.66. The summed E-state index contributed by atoms with van der Waals surface area (Å²) in [5.74, 6) is 7.06. The van der Waals surface area contributed by atoms with E-state index >= 15 is 0 Å². The first-order valence-electron chi connectivity index (χ1n) is 7.08. The summed E-state index contributed by atoms with van der Waals surface area (Å²) in [4.78, 5) is 13.2. The molecule has 7 nitrogen and oxygen atoms in total. The fraction of sp³-hybridized carbons (Fsp3) is 0.692. The van der Waals surface area contributed by atoms with E-state index in [1.54, 1.807) is 0 Å². The molecule has 1 atom stereocenters. The number of hydrogen-bond donors (Lipinski definition) is 3. The summed E-state index contributed by atoms with van der Waals surface area (Å²) in [6.45, 7) is 6.24. The normalized spacial score (nSPS) is 20.9. The van der Waals surface area contributed by atoms with Crippen molar-refractivity contribution >= 4 is 11.6 Å². The van der Waals surface area contributed by atoms with Gasteiger partial charge in [-0.2, -0.15) is 0 Å². The van der Waals surface area contributed by atoms with Gasteiger partial charge in [-0.25, -0.2) is 15.8 Å². The second-order valence-electron chi connectivity index (χ2n) is 5.32. The summed E-state index contributed by atoms with van der Waals surface area (Å²) >= 11 is 0. The van der Waals surface area contributed by atoms with Crippen LogP contribution in [-0.4, -0.2) is 66.1 Å². The molecule has 2 heterocycles. The number of nitrogens with zero attached hydrogens (tertiary/aromatic N) is 4. The van der Waals surface area contributed by atoms with Gasteiger partial charge in [-0.05, 0) is 20.5 Å². The van der Waals surface area contributed by atoms with Gasteiger partial charge in [0.1, 0.15) is 18.0 Å². The number of nitrogen functional groups attached to an aromatic ring is 1. The van der Waals surface area contributed by atoms with E-state index in [2.05, 4.69) is 51.5 Å². The minimum atomic E-state index is 0.489. The first kappa shape index (κ1) is 15.0. The molecule has 1 aliphatic heterocycles. The Bertz CT molecular complexity index is 437. The third-order valence-corrected chi connectivity index (χ3v) is 3.92. The lowest BCUT2D eigenvalue weighted by molar-refractivity contribution is 0.122. The molecule has 0 spiro atoms. The zero-order chi connectivity index (χ0) is 14.5. The highest BCUT2D eigenvalue weighted by molar-refractivity contribution is 5.56. The number of piperazine rings is 1. The van der Waals surface area contributed by atoms with Crippen LogP contribution in [-0.2, 0) is 6.42 Å². The van der Waals surface area contributed by atoms with Crippen molar-refractivity contribution in [3.63, 3.8) is 0 Å². The molecule has 1 aliphatic rings. The van der Waals surface area contributed by atoms with Gasteiger partial charge in [0, 0.05) is 37.8 Å². The molecule has 1 aromatic heterocycles. The quantitative estimate of drug-likeness (QED) is 0.516. The lowest BCUT2D eigenvalue weighted by Crippen LogP contribution is -2.52. The molecule has 0 aromatic carbocycles. The van der Waals surface area contributed by atoms with Crippen molar-refractivity contribution in [2.24, 2.45) is 5.84 Å². The predicted molar refractivity (Wildman–Crippen MR) is 81.6 cm³/mol. The Morgan fingerprint density at radius 2 is 2.05 bits per heavy atom. The van der Waals surface area contributed by atoms with Crippen LogP contribution in [0.1, 0.15) is 12.5 Å². The summed E-state index contributed by atoms with van der Waals surface area (Å²) in [6, 6.07) is 0.489. The largest absolute Gasteiger partial charge is 0.368 e. The molecule has 0 bridgehead atoms. The highest BCUT2D eigenvalue weighted by atomic mass is 15.3. The van der Waals surface area contributed by atoms with Crippen molar-refractivity contribution in [3.8, 4) is 0 Å². The predicted octanol–water partition coefficient (Wildman–Crippen LogP) is -0.0177. The molecule has 0 saturated carbocycles. The zero-order valence-corrected chi connectivity index (χ0v) is 12.6. The first-order chi connectivity index (χ1) is 9.65. The Kier molecular flexibility index (Phi) is 5.11. The molecule has 1 aromatic rings. The third-order valence-electron chi connectivity index (χ3n) is 3.92. The Balaban J connectivity index is 2.03. The molecular formula is C13H25N7. The van der Waals surface area contributed by atoms with Crippen LogP contribution < -0.4 is 16.6 Å². The zero-order valence-electron chi connectivity index (χ0n) is 12.6. The maximum absolute atomic E-state index is 5.49. The van der Waals surface area contributed by atoms with Gasteiger partial charge in [-0.1, -0.05) is 6.92 Å². The molecule has 1 unspecified atom stereocenters. The number of aromatic nitrogens is 2. The molecule has 0 radical (unpaired) electrons. The smallest absolute Gasteiger partial charge is 0.148 e. The van der Waals surface area contributed by atoms with E-state index in [1.807, 2.05) is 0 Å². The monoisotopic (exact) mass is 279 g/mol. The lowest BCUT2D eigenvalue weighted by atomic mass is 10.1. The highest BCUT2D eigenvalue weighted by Gasteiger charge is 2.22. The Hall–Kier alpha value is -1.44. The lowest BCUT2D eigenvalue weighted by Gasteiger charge is -2.37. The van der Waals surface area contributed by atoms with Gasteiger partial charge in [-0.15, -0.1) is 0 Å². The number of nitrogens with one attached hydrogen (secondary N) is 2. The van der Waals surface area contributed by atoms with Crippen LogP contribution in [0.15, 0.2) is 6.33 Å². The van der Waals surface area contributed by atoms with Gasteiger partial charge in [-0.3, -0.25) is 4.90 Å². The minimum Gasteiger partial charge on any atom is -0.368 e. The molecule has 20 heavy (non-hydrogen) atoms. The van der Waals surface area contributed by atoms with E-state index in [1.165, 1.54) is 6.33 Å². The SMILES string of the molecule is CCc1c(NN)ncnc1NCC1CN(C)CCN1C. The Morgan fingerprint density at radius 1 is 1.30 bits per heavy atom. The van der Waals surface area contributed by atoms with Gasteiger partial charge >= 0.3 is 0 Å². The Labute approximate surface area is 120 Å². The third kappa shape index (κ3) is 3.36. The van der Waals surface area contributed by atoms with E-state index < -0.39 is 0 Å². The number of likely N-dealkylation sites (N-methyl/N-ethyl adjacent to an activating group) is 2. The molecule has 0 aliphatic carbocycles. The van der Waals surface area contributed by atoms with Crippen molar-refractivity contribution in [2.75, 3.05) is 51.0 Å². The number of hydrogen-bond acceptors (Lipinski definition) is 7. The van der Waals surface area contributed by atoms with Crippen LogP contribution in [0.5, 0.6) is 0 Å². The standard InChI is InChI=1S/C13H25N7/c1-4-11-12(16-9-17-13(11)18-14)15-7-10-8-19(2)5-6-20(10)3/h9-10H,4-8,14H2,1-3H3,(H2,15,16,17,18). The number of hydrazine groups is 1. The van der Waals surface area contributed by atoms with E-state index in [9.17, 15) is 0 Å². The van der Waals surface area contributed by atoms with E-state index in [4.69, 9.17) is 5.84 Å². The van der Waals surface area contributed by atoms with Gasteiger partial charge in [0.15, 0.2) is 0 Å². The van der Waals surface area contributed by atoms with E-state index in [0.29, 0.717) is 11.9 Å². The molecule has 7 heteroatoms. The fourth-order valence-corrected chi connectivity index (χ4v) is 2.56. The molecule has 2 rings (SSSR count). The summed E-state index contributed by atoms with van der Waals surface area (Å²) in [7, 11) is 4.34.